The molecule has 0 bridgehead atoms. The van der Waals surface area contributed by atoms with E-state index < -0.39 is 17.7 Å². The largest absolute Gasteiger partial charge is 0.379 e. The predicted octanol–water partition coefficient (Wildman–Crippen LogP) is 2.41. The van der Waals surface area contributed by atoms with Gasteiger partial charge in [-0.3, -0.25) is 0 Å². The molecule has 5 heteroatoms. The number of hydrogen-bond donors (Lipinski definition) is 1. The molecule has 0 aliphatic heterocycles. The monoisotopic (exact) mass is 259 g/mol. The van der Waals surface area contributed by atoms with Gasteiger partial charge in [-0.25, -0.2) is 8.78 Å². The number of ether oxygens (including phenoxy) is 2. The summed E-state index contributed by atoms with van der Waals surface area (Å²) in [7, 11) is 0. The highest BCUT2D eigenvalue weighted by Gasteiger charge is 2.14. The van der Waals surface area contributed by atoms with Crippen molar-refractivity contribution in [2.45, 2.75) is 26.0 Å². The lowest BCUT2D eigenvalue weighted by Gasteiger charge is -2.17. The summed E-state index contributed by atoms with van der Waals surface area (Å²) in [6.45, 7) is 4.99. The third kappa shape index (κ3) is 4.68. The van der Waals surface area contributed by atoms with Gasteiger partial charge < -0.3 is 15.2 Å². The molecule has 0 saturated heterocycles. The Labute approximate surface area is 106 Å². The fourth-order valence-electron chi connectivity index (χ4n) is 1.49. The summed E-state index contributed by atoms with van der Waals surface area (Å²) >= 11 is 0. The minimum atomic E-state index is -0.649. The summed E-state index contributed by atoms with van der Waals surface area (Å²) in [6.07, 6.45) is -0.112. The quantitative estimate of drug-likeness (QED) is 0.817. The molecule has 0 saturated carbocycles. The molecule has 1 aromatic carbocycles. The van der Waals surface area contributed by atoms with Crippen LogP contribution in [0.5, 0.6) is 0 Å². The van der Waals surface area contributed by atoms with Gasteiger partial charge in [0.05, 0.1) is 25.4 Å². The topological polar surface area (TPSA) is 44.5 Å². The van der Waals surface area contributed by atoms with Crippen molar-refractivity contribution >= 4 is 0 Å². The molecule has 2 unspecified atom stereocenters. The molecule has 0 heterocycles. The summed E-state index contributed by atoms with van der Waals surface area (Å²) in [5.41, 5.74) is 6.04. The first-order valence-electron chi connectivity index (χ1n) is 5.94. The van der Waals surface area contributed by atoms with Gasteiger partial charge in [0.25, 0.3) is 0 Å². The van der Waals surface area contributed by atoms with Crippen molar-refractivity contribution in [1.82, 2.24) is 0 Å². The predicted molar refractivity (Wildman–Crippen MR) is 65.2 cm³/mol. The standard InChI is InChI=1S/C13H19F2NO2/c1-3-17-7-9(2)18-8-13(16)11-5-4-10(14)6-12(11)15/h4-6,9,13H,3,7-8,16H2,1-2H3. The van der Waals surface area contributed by atoms with Gasteiger partial charge >= 0.3 is 0 Å². The number of hydrogen-bond acceptors (Lipinski definition) is 3. The molecule has 0 spiro atoms. The van der Waals surface area contributed by atoms with Gasteiger partial charge in [-0.2, -0.15) is 0 Å². The molecule has 0 aromatic heterocycles. The maximum atomic E-state index is 13.4. The van der Waals surface area contributed by atoms with Gasteiger partial charge in [0.2, 0.25) is 0 Å². The highest BCUT2D eigenvalue weighted by atomic mass is 19.1. The maximum absolute atomic E-state index is 13.4. The van der Waals surface area contributed by atoms with Gasteiger partial charge in [-0.1, -0.05) is 6.07 Å². The van der Waals surface area contributed by atoms with Gasteiger partial charge in [0, 0.05) is 18.2 Å². The maximum Gasteiger partial charge on any atom is 0.130 e. The first-order chi connectivity index (χ1) is 8.54. The lowest BCUT2D eigenvalue weighted by molar-refractivity contribution is -0.00860. The highest BCUT2D eigenvalue weighted by Crippen LogP contribution is 2.17. The van der Waals surface area contributed by atoms with Gasteiger partial charge in [0.1, 0.15) is 11.6 Å². The molecule has 0 fully saturated rings. The third-order valence-corrected chi connectivity index (χ3v) is 2.48. The zero-order valence-electron chi connectivity index (χ0n) is 10.7. The Morgan fingerprint density at radius 3 is 2.61 bits per heavy atom. The highest BCUT2D eigenvalue weighted by molar-refractivity contribution is 5.21. The normalized spacial score (nSPS) is 14.5. The van der Waals surface area contributed by atoms with Crippen LogP contribution in [-0.4, -0.2) is 25.9 Å². The zero-order chi connectivity index (χ0) is 13.5. The summed E-state index contributed by atoms with van der Waals surface area (Å²) < 4.78 is 36.8. The number of halogens is 2. The molecular weight excluding hydrogens is 240 g/mol. The van der Waals surface area contributed by atoms with E-state index in [1.54, 1.807) is 0 Å². The van der Waals surface area contributed by atoms with E-state index in [0.29, 0.717) is 13.2 Å². The van der Waals surface area contributed by atoms with Crippen LogP contribution in [0.3, 0.4) is 0 Å². The van der Waals surface area contributed by atoms with Gasteiger partial charge in [0.15, 0.2) is 0 Å². The zero-order valence-corrected chi connectivity index (χ0v) is 10.7. The molecule has 18 heavy (non-hydrogen) atoms. The van der Waals surface area contributed by atoms with Crippen LogP contribution in [0.1, 0.15) is 25.5 Å². The van der Waals surface area contributed by atoms with E-state index in [1.165, 1.54) is 12.1 Å². The average Bonchev–Trinajstić information content (AvgIpc) is 2.33. The lowest BCUT2D eigenvalue weighted by Crippen LogP contribution is -2.24. The fraction of sp³-hybridized carbons (Fsp3) is 0.538. The number of benzene rings is 1. The van der Waals surface area contributed by atoms with Crippen molar-refractivity contribution in [3.63, 3.8) is 0 Å². The van der Waals surface area contributed by atoms with Crippen molar-refractivity contribution in [3.8, 4) is 0 Å². The summed E-state index contributed by atoms with van der Waals surface area (Å²) in [6, 6.07) is 2.72. The van der Waals surface area contributed by atoms with Crippen molar-refractivity contribution in [1.29, 1.82) is 0 Å². The molecular formula is C13H19F2NO2. The Balaban J connectivity index is 2.47. The second-order valence-electron chi connectivity index (χ2n) is 4.08. The van der Waals surface area contributed by atoms with Crippen LogP contribution in [0.4, 0.5) is 8.78 Å². The van der Waals surface area contributed by atoms with Crippen molar-refractivity contribution in [2.75, 3.05) is 19.8 Å². The fourth-order valence-corrected chi connectivity index (χ4v) is 1.49. The van der Waals surface area contributed by atoms with Gasteiger partial charge in [-0.15, -0.1) is 0 Å². The minimum Gasteiger partial charge on any atom is -0.379 e. The van der Waals surface area contributed by atoms with Crippen LogP contribution in [-0.2, 0) is 9.47 Å². The van der Waals surface area contributed by atoms with E-state index >= 15 is 0 Å². The smallest absolute Gasteiger partial charge is 0.130 e. The molecule has 0 aliphatic rings. The first kappa shape index (κ1) is 15.0. The van der Waals surface area contributed by atoms with Crippen LogP contribution >= 0.6 is 0 Å². The van der Waals surface area contributed by atoms with Crippen LogP contribution in [0.15, 0.2) is 18.2 Å². The molecule has 1 rings (SSSR count). The van der Waals surface area contributed by atoms with Crippen LogP contribution in [0.2, 0.25) is 0 Å². The summed E-state index contributed by atoms with van der Waals surface area (Å²) in [4.78, 5) is 0. The second kappa shape index (κ2) is 7.41. The molecule has 0 amide bonds. The van der Waals surface area contributed by atoms with Crippen molar-refractivity contribution in [3.05, 3.63) is 35.4 Å². The van der Waals surface area contributed by atoms with Crippen molar-refractivity contribution < 1.29 is 18.3 Å². The Kier molecular flexibility index (Phi) is 6.18. The SMILES string of the molecule is CCOCC(C)OCC(N)c1ccc(F)cc1F. The van der Waals surface area contributed by atoms with Crippen LogP contribution in [0.25, 0.3) is 0 Å². The summed E-state index contributed by atoms with van der Waals surface area (Å²) in [5.74, 6) is -1.27. The molecule has 0 radical (unpaired) electrons. The van der Waals surface area contributed by atoms with E-state index in [0.717, 1.165) is 6.07 Å². The van der Waals surface area contributed by atoms with Gasteiger partial charge in [-0.05, 0) is 19.9 Å². The van der Waals surface area contributed by atoms with E-state index in [9.17, 15) is 8.78 Å². The number of rotatable bonds is 7. The molecule has 102 valence electrons. The lowest BCUT2D eigenvalue weighted by atomic mass is 10.1. The molecule has 2 N–H and O–H groups in total. The average molecular weight is 259 g/mol. The summed E-state index contributed by atoms with van der Waals surface area (Å²) in [5, 5.41) is 0. The van der Waals surface area contributed by atoms with E-state index in [2.05, 4.69) is 0 Å². The Hall–Kier alpha value is -1.04. The molecule has 3 nitrogen and oxygen atoms in total. The molecule has 2 atom stereocenters. The number of nitrogens with two attached hydrogens (primary N) is 1. The first-order valence-corrected chi connectivity index (χ1v) is 5.94. The molecule has 1 aromatic rings. The van der Waals surface area contributed by atoms with E-state index in [1.807, 2.05) is 13.8 Å². The van der Waals surface area contributed by atoms with E-state index in [4.69, 9.17) is 15.2 Å². The second-order valence-corrected chi connectivity index (χ2v) is 4.08. The Bertz CT molecular complexity index is 374. The Morgan fingerprint density at radius 1 is 1.28 bits per heavy atom. The van der Waals surface area contributed by atoms with Crippen molar-refractivity contribution in [2.24, 2.45) is 5.73 Å². The van der Waals surface area contributed by atoms with Crippen LogP contribution in [0, 0.1) is 11.6 Å². The van der Waals surface area contributed by atoms with Crippen LogP contribution < -0.4 is 5.73 Å². The molecule has 0 aliphatic carbocycles. The Morgan fingerprint density at radius 2 is 2.00 bits per heavy atom. The minimum absolute atomic E-state index is 0.112. The third-order valence-electron chi connectivity index (χ3n) is 2.48. The van der Waals surface area contributed by atoms with E-state index in [-0.39, 0.29) is 18.3 Å².